The Balaban J connectivity index is 1.65. The molecule has 0 bridgehead atoms. The Kier molecular flexibility index (Phi) is 6.26. The molecule has 0 atom stereocenters. The van der Waals surface area contributed by atoms with Crippen molar-refractivity contribution >= 4 is 57.6 Å². The maximum Gasteiger partial charge on any atom is 0.303 e. The first-order chi connectivity index (χ1) is 13.0. The fraction of sp³-hybridized carbons (Fsp3) is 0.150. The van der Waals surface area contributed by atoms with Gasteiger partial charge in [-0.3, -0.25) is 14.5 Å². The Morgan fingerprint density at radius 2 is 1.78 bits per heavy atom. The highest BCUT2D eigenvalue weighted by Crippen LogP contribution is 2.33. The van der Waals surface area contributed by atoms with E-state index in [1.807, 2.05) is 60.7 Å². The summed E-state index contributed by atoms with van der Waals surface area (Å²) in [6.07, 6.45) is 2.21. The van der Waals surface area contributed by atoms with E-state index in [0.29, 0.717) is 22.2 Å². The van der Waals surface area contributed by atoms with Crippen LogP contribution in [0.15, 0.2) is 59.5 Å². The van der Waals surface area contributed by atoms with Crippen molar-refractivity contribution in [3.63, 3.8) is 0 Å². The van der Waals surface area contributed by atoms with Gasteiger partial charge in [0.1, 0.15) is 4.32 Å². The molecule has 2 N–H and O–H groups in total. The van der Waals surface area contributed by atoms with Gasteiger partial charge in [0.05, 0.1) is 4.91 Å². The van der Waals surface area contributed by atoms with E-state index in [9.17, 15) is 9.59 Å². The van der Waals surface area contributed by atoms with Crippen LogP contribution in [0.1, 0.15) is 18.4 Å². The number of carboxylic acid groups (broad SMARTS) is 1. The minimum Gasteiger partial charge on any atom is -0.481 e. The van der Waals surface area contributed by atoms with Gasteiger partial charge < -0.3 is 10.4 Å². The number of rotatable bonds is 7. The number of carbonyl (C=O) groups excluding carboxylic acids is 1. The first kappa shape index (κ1) is 19.1. The van der Waals surface area contributed by atoms with Crippen LogP contribution in [0.2, 0.25) is 0 Å². The van der Waals surface area contributed by atoms with Crippen LogP contribution in [0.25, 0.3) is 6.08 Å². The predicted octanol–water partition coefficient (Wildman–Crippen LogP) is 4.50. The topological polar surface area (TPSA) is 69.6 Å². The van der Waals surface area contributed by atoms with Crippen LogP contribution in [-0.4, -0.2) is 32.7 Å². The molecule has 5 nitrogen and oxygen atoms in total. The summed E-state index contributed by atoms with van der Waals surface area (Å²) in [6, 6.07) is 17.6. The van der Waals surface area contributed by atoms with Crippen molar-refractivity contribution in [2.75, 3.05) is 11.9 Å². The van der Waals surface area contributed by atoms with E-state index in [0.717, 1.165) is 16.9 Å². The molecule has 138 valence electrons. The number of amides is 1. The summed E-state index contributed by atoms with van der Waals surface area (Å²) in [5, 5.41) is 12.0. The number of nitrogens with zero attached hydrogens (tertiary/aromatic N) is 1. The van der Waals surface area contributed by atoms with Crippen molar-refractivity contribution in [1.82, 2.24) is 4.90 Å². The summed E-state index contributed by atoms with van der Waals surface area (Å²) in [5.74, 6) is -1.04. The zero-order valence-electron chi connectivity index (χ0n) is 14.4. The number of hydrogen-bond acceptors (Lipinski definition) is 5. The van der Waals surface area contributed by atoms with Crippen LogP contribution in [0.5, 0.6) is 0 Å². The molecule has 7 heteroatoms. The smallest absolute Gasteiger partial charge is 0.303 e. The minimum absolute atomic E-state index is 0.0198. The van der Waals surface area contributed by atoms with Crippen LogP contribution in [-0.2, 0) is 9.59 Å². The molecule has 1 saturated heterocycles. The van der Waals surface area contributed by atoms with Crippen LogP contribution >= 0.6 is 24.0 Å². The van der Waals surface area contributed by atoms with Gasteiger partial charge in [-0.25, -0.2) is 0 Å². The molecule has 2 aromatic rings. The summed E-state index contributed by atoms with van der Waals surface area (Å²) >= 11 is 6.50. The van der Waals surface area contributed by atoms with Gasteiger partial charge in [-0.15, -0.1) is 0 Å². The lowest BCUT2D eigenvalue weighted by Crippen LogP contribution is -2.29. The van der Waals surface area contributed by atoms with Gasteiger partial charge in [0, 0.05) is 24.3 Å². The molecule has 0 radical (unpaired) electrons. The van der Waals surface area contributed by atoms with Crippen molar-refractivity contribution in [2.24, 2.45) is 0 Å². The number of carboxylic acids is 1. The molecule has 1 fully saturated rings. The molecule has 1 aliphatic heterocycles. The first-order valence-electron chi connectivity index (χ1n) is 8.42. The molecule has 0 aliphatic carbocycles. The van der Waals surface area contributed by atoms with Crippen LogP contribution in [0.3, 0.4) is 0 Å². The maximum atomic E-state index is 12.5. The molecule has 0 spiro atoms. The van der Waals surface area contributed by atoms with Gasteiger partial charge in [-0.05, 0) is 42.3 Å². The lowest BCUT2D eigenvalue weighted by molar-refractivity contribution is -0.137. The predicted molar refractivity (Wildman–Crippen MR) is 113 cm³/mol. The van der Waals surface area contributed by atoms with E-state index in [-0.39, 0.29) is 12.3 Å². The van der Waals surface area contributed by atoms with Gasteiger partial charge in [-0.1, -0.05) is 54.3 Å². The highest BCUT2D eigenvalue weighted by molar-refractivity contribution is 8.26. The van der Waals surface area contributed by atoms with E-state index in [1.54, 1.807) is 0 Å². The number of benzene rings is 2. The molecule has 2 aromatic carbocycles. The highest BCUT2D eigenvalue weighted by Gasteiger charge is 2.31. The fourth-order valence-electron chi connectivity index (χ4n) is 2.58. The Morgan fingerprint density at radius 1 is 1.11 bits per heavy atom. The number of anilines is 2. The minimum atomic E-state index is -0.875. The average molecular weight is 399 g/mol. The number of hydrogen-bond donors (Lipinski definition) is 2. The number of para-hydroxylation sites is 1. The number of thiocarbonyl (C=S) groups is 1. The molecule has 3 rings (SSSR count). The molecule has 1 heterocycles. The Hall–Kier alpha value is -2.64. The van der Waals surface area contributed by atoms with Crippen LogP contribution in [0, 0.1) is 0 Å². The highest BCUT2D eigenvalue weighted by atomic mass is 32.2. The van der Waals surface area contributed by atoms with Gasteiger partial charge in [-0.2, -0.15) is 0 Å². The standard InChI is InChI=1S/C20H18N2O3S2/c23-18(24)7-4-12-22-19(25)17(27-20(22)26)13-14-8-10-16(11-9-14)21-15-5-2-1-3-6-15/h1-3,5-6,8-11,13,21H,4,7,12H2,(H,23,24)/b17-13+. The molecule has 0 saturated carbocycles. The van der Waals surface area contributed by atoms with Crippen LogP contribution < -0.4 is 5.32 Å². The zero-order chi connectivity index (χ0) is 19.2. The second-order valence-electron chi connectivity index (χ2n) is 5.94. The third kappa shape index (κ3) is 5.18. The zero-order valence-corrected chi connectivity index (χ0v) is 16.1. The van der Waals surface area contributed by atoms with Crippen LogP contribution in [0.4, 0.5) is 11.4 Å². The lowest BCUT2D eigenvalue weighted by atomic mass is 10.2. The van der Waals surface area contributed by atoms with Crippen molar-refractivity contribution in [2.45, 2.75) is 12.8 Å². The third-order valence-corrected chi connectivity index (χ3v) is 5.29. The number of aliphatic carboxylic acids is 1. The molecule has 1 amide bonds. The average Bonchev–Trinajstić information content (AvgIpc) is 2.91. The van der Waals surface area contributed by atoms with E-state index in [2.05, 4.69) is 5.32 Å². The van der Waals surface area contributed by atoms with E-state index < -0.39 is 5.97 Å². The van der Waals surface area contributed by atoms with Crippen molar-refractivity contribution in [1.29, 1.82) is 0 Å². The second-order valence-corrected chi connectivity index (χ2v) is 7.62. The molecule has 0 unspecified atom stereocenters. The van der Waals surface area contributed by atoms with Gasteiger partial charge in [0.2, 0.25) is 0 Å². The largest absolute Gasteiger partial charge is 0.481 e. The molecule has 1 aliphatic rings. The molecular formula is C20H18N2O3S2. The second kappa shape index (κ2) is 8.83. The summed E-state index contributed by atoms with van der Waals surface area (Å²) in [6.45, 7) is 0.328. The summed E-state index contributed by atoms with van der Waals surface area (Å²) in [7, 11) is 0. The molecular weight excluding hydrogens is 380 g/mol. The summed E-state index contributed by atoms with van der Waals surface area (Å²) in [4.78, 5) is 25.1. The van der Waals surface area contributed by atoms with Gasteiger partial charge >= 0.3 is 5.97 Å². The molecule has 27 heavy (non-hydrogen) atoms. The first-order valence-corrected chi connectivity index (χ1v) is 9.65. The van der Waals surface area contributed by atoms with E-state index in [4.69, 9.17) is 17.3 Å². The molecule has 0 aromatic heterocycles. The summed E-state index contributed by atoms with van der Waals surface area (Å²) < 4.78 is 0.471. The Morgan fingerprint density at radius 3 is 2.44 bits per heavy atom. The maximum absolute atomic E-state index is 12.5. The van der Waals surface area contributed by atoms with Crippen molar-refractivity contribution in [3.8, 4) is 0 Å². The number of carbonyl (C=O) groups is 2. The van der Waals surface area contributed by atoms with Crippen molar-refractivity contribution < 1.29 is 14.7 Å². The van der Waals surface area contributed by atoms with E-state index >= 15 is 0 Å². The van der Waals surface area contributed by atoms with Crippen molar-refractivity contribution in [3.05, 3.63) is 65.1 Å². The Bertz CT molecular complexity index is 880. The third-order valence-electron chi connectivity index (χ3n) is 3.92. The number of nitrogens with one attached hydrogen (secondary N) is 1. The fourth-order valence-corrected chi connectivity index (χ4v) is 3.89. The monoisotopic (exact) mass is 398 g/mol. The normalized spacial score (nSPS) is 15.4. The lowest BCUT2D eigenvalue weighted by Gasteiger charge is -2.13. The Labute approximate surface area is 167 Å². The quantitative estimate of drug-likeness (QED) is 0.529. The van der Waals surface area contributed by atoms with Gasteiger partial charge in [0.15, 0.2) is 0 Å². The van der Waals surface area contributed by atoms with Gasteiger partial charge in [0.25, 0.3) is 5.91 Å². The summed E-state index contributed by atoms with van der Waals surface area (Å²) in [5.41, 5.74) is 2.87. The SMILES string of the molecule is O=C(O)CCCN1C(=O)/C(=C\c2ccc(Nc3ccccc3)cc2)SC1=S. The van der Waals surface area contributed by atoms with E-state index in [1.165, 1.54) is 16.7 Å². The number of thioether (sulfide) groups is 1.